The Morgan fingerprint density at radius 1 is 1.31 bits per heavy atom. The van der Waals surface area contributed by atoms with Gasteiger partial charge in [-0.25, -0.2) is 4.98 Å². The summed E-state index contributed by atoms with van der Waals surface area (Å²) in [4.78, 5) is 11.5. The van der Waals surface area contributed by atoms with Gasteiger partial charge in [-0.15, -0.1) is 0 Å². The van der Waals surface area contributed by atoms with E-state index in [-0.39, 0.29) is 0 Å². The number of H-pyrrole nitrogens is 1. The molecule has 1 aliphatic heterocycles. The largest absolute Gasteiger partial charge is 0.459 e. The number of anilines is 3. The zero-order valence-electron chi connectivity index (χ0n) is 14.1. The van der Waals surface area contributed by atoms with E-state index < -0.39 is 0 Å². The highest BCUT2D eigenvalue weighted by atomic mass is 16.3. The van der Waals surface area contributed by atoms with Gasteiger partial charge in [0.15, 0.2) is 11.4 Å². The predicted molar refractivity (Wildman–Crippen MR) is 101 cm³/mol. The molecule has 4 N–H and O–H groups in total. The Labute approximate surface area is 149 Å². The molecule has 8 heteroatoms. The Bertz CT molecular complexity index is 1070. The molecule has 0 amide bonds. The van der Waals surface area contributed by atoms with Gasteiger partial charge in [-0.1, -0.05) is 0 Å². The van der Waals surface area contributed by atoms with E-state index in [1.807, 2.05) is 24.3 Å². The SMILES string of the molecule is NCC1CCN(c2nc(Nc3ccc4cn[nH]c4c3)nc3ccoc23)C1. The minimum Gasteiger partial charge on any atom is -0.459 e. The van der Waals surface area contributed by atoms with Gasteiger partial charge < -0.3 is 20.4 Å². The lowest BCUT2D eigenvalue weighted by atomic mass is 10.1. The van der Waals surface area contributed by atoms with Crippen molar-refractivity contribution in [2.75, 3.05) is 29.9 Å². The molecule has 132 valence electrons. The lowest BCUT2D eigenvalue weighted by Crippen LogP contribution is -2.24. The standard InChI is InChI=1S/C18H19N7O/c19-8-11-3-5-25(10-11)17-16-14(4-6-26-16)22-18(23-17)21-13-2-1-12-9-20-24-15(12)7-13/h1-2,4,6-7,9,11H,3,5,8,10,19H2,(H,20,24)(H,21,22,23). The Balaban J connectivity index is 1.51. The molecular formula is C18H19N7O. The smallest absolute Gasteiger partial charge is 0.229 e. The van der Waals surface area contributed by atoms with Crippen LogP contribution < -0.4 is 16.0 Å². The maximum Gasteiger partial charge on any atom is 0.229 e. The first kappa shape index (κ1) is 15.2. The third-order valence-corrected chi connectivity index (χ3v) is 4.90. The van der Waals surface area contributed by atoms with E-state index in [0.29, 0.717) is 18.4 Å². The third-order valence-electron chi connectivity index (χ3n) is 4.90. The fourth-order valence-corrected chi connectivity index (χ4v) is 3.48. The van der Waals surface area contributed by atoms with Crippen LogP contribution in [0.3, 0.4) is 0 Å². The molecule has 1 saturated heterocycles. The number of hydrogen-bond donors (Lipinski definition) is 3. The van der Waals surface area contributed by atoms with Gasteiger partial charge >= 0.3 is 0 Å². The maximum atomic E-state index is 5.83. The summed E-state index contributed by atoms with van der Waals surface area (Å²) in [5, 5.41) is 11.4. The summed E-state index contributed by atoms with van der Waals surface area (Å²) < 4.78 is 5.64. The third kappa shape index (κ3) is 2.55. The minimum atomic E-state index is 0.495. The van der Waals surface area contributed by atoms with Gasteiger partial charge in [0, 0.05) is 30.2 Å². The van der Waals surface area contributed by atoms with Crippen LogP contribution in [0.4, 0.5) is 17.5 Å². The van der Waals surface area contributed by atoms with E-state index in [4.69, 9.17) is 15.1 Å². The van der Waals surface area contributed by atoms with Crippen LogP contribution in [0.5, 0.6) is 0 Å². The van der Waals surface area contributed by atoms with E-state index >= 15 is 0 Å². The monoisotopic (exact) mass is 349 g/mol. The van der Waals surface area contributed by atoms with Crippen LogP contribution in [0.1, 0.15) is 6.42 Å². The number of nitrogens with zero attached hydrogens (tertiary/aromatic N) is 4. The average molecular weight is 349 g/mol. The van der Waals surface area contributed by atoms with Crippen LogP contribution in [0, 0.1) is 5.92 Å². The molecule has 0 saturated carbocycles. The number of furan rings is 1. The van der Waals surface area contributed by atoms with Crippen molar-refractivity contribution in [1.29, 1.82) is 0 Å². The van der Waals surface area contributed by atoms with Crippen molar-refractivity contribution in [3.63, 3.8) is 0 Å². The summed E-state index contributed by atoms with van der Waals surface area (Å²) in [6.07, 6.45) is 4.52. The number of aromatic nitrogens is 4. The van der Waals surface area contributed by atoms with E-state index in [1.54, 1.807) is 12.5 Å². The first-order valence-electron chi connectivity index (χ1n) is 8.70. The molecule has 4 heterocycles. The fraction of sp³-hybridized carbons (Fsp3) is 0.278. The van der Waals surface area contributed by atoms with Crippen molar-refractivity contribution < 1.29 is 4.42 Å². The number of rotatable bonds is 4. The second kappa shape index (κ2) is 5.99. The highest BCUT2D eigenvalue weighted by Gasteiger charge is 2.25. The second-order valence-electron chi connectivity index (χ2n) is 6.64. The molecule has 0 radical (unpaired) electrons. The highest BCUT2D eigenvalue weighted by molar-refractivity contribution is 5.86. The molecule has 0 bridgehead atoms. The summed E-state index contributed by atoms with van der Waals surface area (Å²) in [5.41, 5.74) is 9.20. The molecule has 3 aromatic heterocycles. The molecule has 1 aromatic carbocycles. The maximum absolute atomic E-state index is 5.83. The van der Waals surface area contributed by atoms with Crippen LogP contribution in [-0.4, -0.2) is 39.8 Å². The topological polar surface area (TPSA) is 109 Å². The number of aromatic amines is 1. The molecule has 5 rings (SSSR count). The zero-order valence-corrected chi connectivity index (χ0v) is 14.1. The molecule has 0 aliphatic carbocycles. The van der Waals surface area contributed by atoms with Crippen molar-refractivity contribution in [2.45, 2.75) is 6.42 Å². The molecule has 1 fully saturated rings. The minimum absolute atomic E-state index is 0.495. The molecule has 1 aliphatic rings. The molecule has 1 unspecified atom stereocenters. The van der Waals surface area contributed by atoms with Crippen molar-refractivity contribution in [3.8, 4) is 0 Å². The fourth-order valence-electron chi connectivity index (χ4n) is 3.48. The molecular weight excluding hydrogens is 330 g/mol. The predicted octanol–water partition coefficient (Wildman–Crippen LogP) is 2.63. The number of nitrogens with two attached hydrogens (primary N) is 1. The highest BCUT2D eigenvalue weighted by Crippen LogP contribution is 2.31. The van der Waals surface area contributed by atoms with Gasteiger partial charge in [0.1, 0.15) is 5.52 Å². The normalized spacial score (nSPS) is 17.4. The summed E-state index contributed by atoms with van der Waals surface area (Å²) in [6, 6.07) is 7.84. The number of hydrogen-bond acceptors (Lipinski definition) is 7. The van der Waals surface area contributed by atoms with Crippen molar-refractivity contribution in [3.05, 3.63) is 36.7 Å². The number of nitrogens with one attached hydrogen (secondary N) is 2. The van der Waals surface area contributed by atoms with E-state index in [9.17, 15) is 0 Å². The van der Waals surface area contributed by atoms with Gasteiger partial charge in [0.25, 0.3) is 0 Å². The van der Waals surface area contributed by atoms with Gasteiger partial charge in [0.05, 0.1) is 18.0 Å². The molecule has 4 aromatic rings. The Morgan fingerprint density at radius 3 is 3.15 bits per heavy atom. The van der Waals surface area contributed by atoms with Crippen molar-refractivity contribution >= 4 is 39.5 Å². The van der Waals surface area contributed by atoms with Crippen molar-refractivity contribution in [2.24, 2.45) is 11.7 Å². The Morgan fingerprint density at radius 2 is 2.27 bits per heavy atom. The summed E-state index contributed by atoms with van der Waals surface area (Å²) in [5.74, 6) is 1.86. The van der Waals surface area contributed by atoms with Gasteiger partial charge in [-0.2, -0.15) is 10.1 Å². The molecule has 26 heavy (non-hydrogen) atoms. The van der Waals surface area contributed by atoms with E-state index in [2.05, 4.69) is 25.4 Å². The summed E-state index contributed by atoms with van der Waals surface area (Å²) in [7, 11) is 0. The average Bonchev–Trinajstić information content (AvgIpc) is 3.40. The number of benzene rings is 1. The van der Waals surface area contributed by atoms with Gasteiger partial charge in [-0.05, 0) is 37.1 Å². The van der Waals surface area contributed by atoms with Gasteiger partial charge in [-0.3, -0.25) is 5.10 Å². The lowest BCUT2D eigenvalue weighted by Gasteiger charge is -2.18. The zero-order chi connectivity index (χ0) is 17.5. The van der Waals surface area contributed by atoms with Crippen LogP contribution in [0.2, 0.25) is 0 Å². The first-order valence-corrected chi connectivity index (χ1v) is 8.70. The van der Waals surface area contributed by atoms with Crippen LogP contribution >= 0.6 is 0 Å². The molecule has 0 spiro atoms. The lowest BCUT2D eigenvalue weighted by molar-refractivity contribution is 0.598. The number of fused-ring (bicyclic) bond motifs is 2. The molecule has 1 atom stereocenters. The van der Waals surface area contributed by atoms with Crippen molar-refractivity contribution in [1.82, 2.24) is 20.2 Å². The Hall–Kier alpha value is -3.13. The quantitative estimate of drug-likeness (QED) is 0.519. The first-order chi connectivity index (χ1) is 12.8. The second-order valence-corrected chi connectivity index (χ2v) is 6.64. The van der Waals surface area contributed by atoms with E-state index in [0.717, 1.165) is 53.0 Å². The summed E-state index contributed by atoms with van der Waals surface area (Å²) >= 11 is 0. The Kier molecular flexibility index (Phi) is 3.49. The summed E-state index contributed by atoms with van der Waals surface area (Å²) in [6.45, 7) is 2.51. The van der Waals surface area contributed by atoms with Crippen LogP contribution in [0.25, 0.3) is 22.0 Å². The van der Waals surface area contributed by atoms with Gasteiger partial charge in [0.2, 0.25) is 5.95 Å². The van der Waals surface area contributed by atoms with Crippen LogP contribution in [0.15, 0.2) is 41.1 Å². The van der Waals surface area contributed by atoms with E-state index in [1.165, 1.54) is 0 Å². The molecule has 8 nitrogen and oxygen atoms in total. The van der Waals surface area contributed by atoms with Crippen LogP contribution in [-0.2, 0) is 0 Å².